The molecule has 1 aromatic heterocycles. The number of hydrogen-bond donors (Lipinski definition) is 2. The summed E-state index contributed by atoms with van der Waals surface area (Å²) in [5, 5.41) is 6.79. The Morgan fingerprint density at radius 3 is 2.76 bits per heavy atom. The number of hydrogen-bond acceptors (Lipinski definition) is 3. The fourth-order valence-corrected chi connectivity index (χ4v) is 2.83. The minimum absolute atomic E-state index is 0.388. The highest BCUT2D eigenvalue weighted by Gasteiger charge is 2.14. The van der Waals surface area contributed by atoms with Gasteiger partial charge < -0.3 is 15.4 Å². The minimum Gasteiger partial charge on any atom is -0.378 e. The zero-order valence-electron chi connectivity index (χ0n) is 14.5. The molecule has 1 unspecified atom stereocenters. The number of guanidine groups is 1. The topological polar surface area (TPSA) is 58.5 Å². The Morgan fingerprint density at radius 1 is 1.12 bits per heavy atom. The molecule has 1 fully saturated rings. The molecular weight excluding hydrogens is 312 g/mol. The minimum atomic E-state index is 0.388. The van der Waals surface area contributed by atoms with Crippen molar-refractivity contribution in [1.29, 1.82) is 0 Å². The first-order chi connectivity index (χ1) is 12.4. The van der Waals surface area contributed by atoms with Gasteiger partial charge in [0.1, 0.15) is 0 Å². The van der Waals surface area contributed by atoms with Gasteiger partial charge in [0.15, 0.2) is 5.96 Å². The van der Waals surface area contributed by atoms with Crippen molar-refractivity contribution < 1.29 is 4.74 Å². The summed E-state index contributed by atoms with van der Waals surface area (Å²) >= 11 is 0. The van der Waals surface area contributed by atoms with Crippen LogP contribution in [0, 0.1) is 0 Å². The molecule has 0 bridgehead atoms. The molecule has 2 N–H and O–H groups in total. The molecular formula is C20H26N4O. The average molecular weight is 338 g/mol. The van der Waals surface area contributed by atoms with Gasteiger partial charge in [-0.15, -0.1) is 0 Å². The monoisotopic (exact) mass is 338 g/mol. The normalized spacial score (nSPS) is 17.4. The quantitative estimate of drug-likeness (QED) is 0.602. The molecule has 1 aliphatic heterocycles. The van der Waals surface area contributed by atoms with Crippen LogP contribution < -0.4 is 10.6 Å². The highest BCUT2D eigenvalue weighted by atomic mass is 16.5. The molecule has 132 valence electrons. The third-order valence-electron chi connectivity index (χ3n) is 4.21. The number of rotatable bonds is 7. The van der Waals surface area contributed by atoms with Crippen molar-refractivity contribution in [2.75, 3.05) is 13.2 Å². The summed E-state index contributed by atoms with van der Waals surface area (Å²) in [6, 6.07) is 16.2. The molecule has 0 amide bonds. The Bertz CT molecular complexity index is 639. The maximum atomic E-state index is 5.68. The van der Waals surface area contributed by atoms with Gasteiger partial charge in [0.2, 0.25) is 0 Å². The van der Waals surface area contributed by atoms with E-state index in [1.807, 2.05) is 42.6 Å². The Morgan fingerprint density at radius 2 is 2.00 bits per heavy atom. The third-order valence-corrected chi connectivity index (χ3v) is 4.21. The summed E-state index contributed by atoms with van der Waals surface area (Å²) in [5.74, 6) is 0.813. The Kier molecular flexibility index (Phi) is 6.82. The van der Waals surface area contributed by atoms with Crippen molar-refractivity contribution in [3.63, 3.8) is 0 Å². The highest BCUT2D eigenvalue weighted by molar-refractivity contribution is 5.79. The number of aromatic nitrogens is 1. The molecule has 1 atom stereocenters. The van der Waals surface area contributed by atoms with E-state index in [2.05, 4.69) is 27.8 Å². The van der Waals surface area contributed by atoms with E-state index in [-0.39, 0.29) is 0 Å². The third kappa shape index (κ3) is 6.19. The van der Waals surface area contributed by atoms with Gasteiger partial charge in [-0.3, -0.25) is 4.98 Å². The summed E-state index contributed by atoms with van der Waals surface area (Å²) in [6.45, 7) is 3.06. The van der Waals surface area contributed by atoms with Crippen LogP contribution in [0.15, 0.2) is 59.7 Å². The second kappa shape index (κ2) is 9.79. The second-order valence-electron chi connectivity index (χ2n) is 6.18. The average Bonchev–Trinajstić information content (AvgIpc) is 3.19. The summed E-state index contributed by atoms with van der Waals surface area (Å²) in [4.78, 5) is 9.05. The van der Waals surface area contributed by atoms with Gasteiger partial charge in [-0.25, -0.2) is 4.99 Å². The van der Waals surface area contributed by atoms with Crippen LogP contribution in [0.25, 0.3) is 0 Å². The van der Waals surface area contributed by atoms with Crippen molar-refractivity contribution in [1.82, 2.24) is 15.6 Å². The molecule has 3 rings (SSSR count). The van der Waals surface area contributed by atoms with Gasteiger partial charge in [-0.1, -0.05) is 36.4 Å². The van der Waals surface area contributed by atoms with Gasteiger partial charge in [-0.05, 0) is 37.0 Å². The van der Waals surface area contributed by atoms with Crippen molar-refractivity contribution in [3.8, 4) is 0 Å². The lowest BCUT2D eigenvalue weighted by atomic mass is 10.2. The van der Waals surface area contributed by atoms with Crippen LogP contribution in [0.5, 0.6) is 0 Å². The number of nitrogens with zero attached hydrogens (tertiary/aromatic N) is 2. The lowest BCUT2D eigenvalue weighted by molar-refractivity contribution is 0.105. The number of ether oxygens (including phenoxy) is 1. The van der Waals surface area contributed by atoms with Crippen LogP contribution in [0.4, 0.5) is 0 Å². The molecule has 2 heterocycles. The Labute approximate surface area is 149 Å². The van der Waals surface area contributed by atoms with E-state index in [0.717, 1.165) is 31.2 Å². The van der Waals surface area contributed by atoms with Gasteiger partial charge in [0.25, 0.3) is 0 Å². The number of benzene rings is 1. The van der Waals surface area contributed by atoms with Crippen molar-refractivity contribution in [2.24, 2.45) is 4.99 Å². The molecule has 1 aromatic carbocycles. The molecule has 1 aliphatic rings. The summed E-state index contributed by atoms with van der Waals surface area (Å²) in [7, 11) is 0. The first-order valence-electron chi connectivity index (χ1n) is 8.98. The van der Waals surface area contributed by atoms with Crippen LogP contribution in [0.2, 0.25) is 0 Å². The lowest BCUT2D eigenvalue weighted by Gasteiger charge is -2.14. The van der Waals surface area contributed by atoms with Crippen molar-refractivity contribution >= 4 is 5.96 Å². The van der Waals surface area contributed by atoms with E-state index < -0.39 is 0 Å². The fourth-order valence-electron chi connectivity index (χ4n) is 2.83. The van der Waals surface area contributed by atoms with Crippen LogP contribution in [0.3, 0.4) is 0 Å². The molecule has 1 saturated heterocycles. The summed E-state index contributed by atoms with van der Waals surface area (Å²) in [6.07, 6.45) is 5.55. The van der Waals surface area contributed by atoms with Crippen LogP contribution in [-0.2, 0) is 17.8 Å². The maximum Gasteiger partial charge on any atom is 0.191 e. The van der Waals surface area contributed by atoms with Crippen molar-refractivity contribution in [3.05, 3.63) is 66.0 Å². The van der Waals surface area contributed by atoms with Gasteiger partial charge >= 0.3 is 0 Å². The Balaban J connectivity index is 1.54. The molecule has 0 spiro atoms. The van der Waals surface area contributed by atoms with E-state index >= 15 is 0 Å². The zero-order chi connectivity index (χ0) is 17.2. The molecule has 0 radical (unpaired) electrons. The summed E-state index contributed by atoms with van der Waals surface area (Å²) in [5.41, 5.74) is 2.19. The number of aliphatic imine (C=N–C) groups is 1. The van der Waals surface area contributed by atoms with E-state index in [4.69, 9.17) is 9.73 Å². The molecule has 5 heteroatoms. The number of nitrogens with one attached hydrogen (secondary N) is 2. The summed E-state index contributed by atoms with van der Waals surface area (Å²) < 4.78 is 5.68. The lowest BCUT2D eigenvalue weighted by Crippen LogP contribution is -2.38. The smallest absolute Gasteiger partial charge is 0.191 e. The van der Waals surface area contributed by atoms with E-state index in [1.165, 1.54) is 18.4 Å². The predicted molar refractivity (Wildman–Crippen MR) is 100 cm³/mol. The van der Waals surface area contributed by atoms with E-state index in [9.17, 15) is 0 Å². The van der Waals surface area contributed by atoms with Crippen LogP contribution in [-0.4, -0.2) is 30.2 Å². The first-order valence-corrected chi connectivity index (χ1v) is 8.98. The van der Waals surface area contributed by atoms with Gasteiger partial charge in [0, 0.05) is 19.3 Å². The number of pyridine rings is 1. The van der Waals surface area contributed by atoms with Crippen LogP contribution in [0.1, 0.15) is 30.5 Å². The molecule has 0 aliphatic carbocycles. The first kappa shape index (κ1) is 17.4. The van der Waals surface area contributed by atoms with Gasteiger partial charge in [0.05, 0.1) is 24.9 Å². The molecule has 2 aromatic rings. The SMILES string of the molecule is c1ccc(CN=C(NCCC2CCCO2)NCc2ccccn2)cc1. The highest BCUT2D eigenvalue weighted by Crippen LogP contribution is 2.14. The fraction of sp³-hybridized carbons (Fsp3) is 0.400. The molecule has 5 nitrogen and oxygen atoms in total. The Hall–Kier alpha value is -2.40. The molecule has 0 saturated carbocycles. The predicted octanol–water partition coefficient (Wildman–Crippen LogP) is 2.89. The standard InChI is InChI=1S/C20H26N4O/c1-2-7-17(8-3-1)15-23-20(22-13-11-19-10-6-14-25-19)24-16-18-9-4-5-12-21-18/h1-5,7-9,12,19H,6,10-11,13-16H2,(H2,22,23,24). The second-order valence-corrected chi connectivity index (χ2v) is 6.18. The maximum absolute atomic E-state index is 5.68. The zero-order valence-corrected chi connectivity index (χ0v) is 14.5. The largest absolute Gasteiger partial charge is 0.378 e. The van der Waals surface area contributed by atoms with Gasteiger partial charge in [-0.2, -0.15) is 0 Å². The molecule has 25 heavy (non-hydrogen) atoms. The van der Waals surface area contributed by atoms with Crippen molar-refractivity contribution in [2.45, 2.75) is 38.5 Å². The van der Waals surface area contributed by atoms with Crippen LogP contribution >= 0.6 is 0 Å². The van der Waals surface area contributed by atoms with E-state index in [0.29, 0.717) is 19.2 Å². The van der Waals surface area contributed by atoms with E-state index in [1.54, 1.807) is 0 Å².